The molecule has 0 aromatic heterocycles. The predicted octanol–water partition coefficient (Wildman–Crippen LogP) is 4.30. The Hall–Kier alpha value is -0.0151. The molecule has 0 bridgehead atoms. The smallest absolute Gasteiger partial charge is 0.403 e. The average molecular weight is 252 g/mol. The highest BCUT2D eigenvalue weighted by Gasteiger charge is 2.51. The summed E-state index contributed by atoms with van der Waals surface area (Å²) >= 11 is 0. The van der Waals surface area contributed by atoms with Gasteiger partial charge in [-0.2, -0.15) is 0 Å². The average Bonchev–Trinajstić information content (AvgIpc) is 2.48. The van der Waals surface area contributed by atoms with Crippen molar-refractivity contribution in [2.24, 2.45) is 11.8 Å². The highest BCUT2D eigenvalue weighted by molar-refractivity contribution is 6.45. The summed E-state index contributed by atoms with van der Waals surface area (Å²) in [4.78, 5) is 0. The summed E-state index contributed by atoms with van der Waals surface area (Å²) in [6, 6.07) is 0. The quantitative estimate of drug-likeness (QED) is 0.697. The molecule has 1 aliphatic heterocycles. The standard InChI is InChI=1S/C15H29BO2/c1-12(13-9-7-6-8-10-13)11-16-17-14(2,3)15(4,5)18-16/h12-13H,6-11H2,1-5H3. The molecule has 0 N–H and O–H groups in total. The van der Waals surface area contributed by atoms with E-state index in [1.54, 1.807) is 0 Å². The third-order valence-electron chi connectivity index (χ3n) is 5.32. The van der Waals surface area contributed by atoms with Gasteiger partial charge in [-0.05, 0) is 45.9 Å². The summed E-state index contributed by atoms with van der Waals surface area (Å²) in [6.07, 6.45) is 8.12. The first kappa shape index (κ1) is 14.4. The lowest BCUT2D eigenvalue weighted by Gasteiger charge is -2.32. The van der Waals surface area contributed by atoms with Crippen LogP contribution < -0.4 is 0 Å². The van der Waals surface area contributed by atoms with Gasteiger partial charge in [-0.15, -0.1) is 0 Å². The summed E-state index contributed by atoms with van der Waals surface area (Å²) < 4.78 is 12.2. The molecule has 104 valence electrons. The van der Waals surface area contributed by atoms with Crippen molar-refractivity contribution in [1.29, 1.82) is 0 Å². The molecule has 1 heterocycles. The molecule has 18 heavy (non-hydrogen) atoms. The highest BCUT2D eigenvalue weighted by Crippen LogP contribution is 2.40. The summed E-state index contributed by atoms with van der Waals surface area (Å²) in [5.41, 5.74) is -0.353. The van der Waals surface area contributed by atoms with Crippen molar-refractivity contribution in [2.75, 3.05) is 0 Å². The molecule has 1 atom stereocenters. The third-order valence-corrected chi connectivity index (χ3v) is 5.32. The molecular formula is C15H29BO2. The van der Waals surface area contributed by atoms with Gasteiger partial charge in [-0.25, -0.2) is 0 Å². The second-order valence-corrected chi connectivity index (χ2v) is 7.30. The second kappa shape index (κ2) is 5.17. The predicted molar refractivity (Wildman–Crippen MR) is 76.6 cm³/mol. The summed E-state index contributed by atoms with van der Waals surface area (Å²) in [5, 5.41) is 0. The van der Waals surface area contributed by atoms with Gasteiger partial charge in [-0.1, -0.05) is 39.0 Å². The van der Waals surface area contributed by atoms with E-state index in [1.165, 1.54) is 32.1 Å². The van der Waals surface area contributed by atoms with Gasteiger partial charge in [0.15, 0.2) is 0 Å². The van der Waals surface area contributed by atoms with Crippen LogP contribution in [0.3, 0.4) is 0 Å². The monoisotopic (exact) mass is 252 g/mol. The molecule has 0 spiro atoms. The Morgan fingerprint density at radius 1 is 1.00 bits per heavy atom. The van der Waals surface area contributed by atoms with Gasteiger partial charge in [0.1, 0.15) is 0 Å². The van der Waals surface area contributed by atoms with Crippen molar-refractivity contribution >= 4 is 7.12 Å². The van der Waals surface area contributed by atoms with Crippen molar-refractivity contribution < 1.29 is 9.31 Å². The fourth-order valence-corrected chi connectivity index (χ4v) is 3.26. The highest BCUT2D eigenvalue weighted by atomic mass is 16.7. The van der Waals surface area contributed by atoms with Crippen molar-refractivity contribution in [3.63, 3.8) is 0 Å². The van der Waals surface area contributed by atoms with E-state index in [4.69, 9.17) is 9.31 Å². The summed E-state index contributed by atoms with van der Waals surface area (Å²) in [7, 11) is -0.00748. The zero-order valence-corrected chi connectivity index (χ0v) is 12.8. The van der Waals surface area contributed by atoms with E-state index in [1.807, 2.05) is 0 Å². The Balaban J connectivity index is 1.87. The fraction of sp³-hybridized carbons (Fsp3) is 1.00. The van der Waals surface area contributed by atoms with E-state index in [0.717, 1.165) is 18.2 Å². The van der Waals surface area contributed by atoms with E-state index < -0.39 is 0 Å². The van der Waals surface area contributed by atoms with Gasteiger partial charge < -0.3 is 9.31 Å². The molecule has 2 rings (SSSR count). The fourth-order valence-electron chi connectivity index (χ4n) is 3.26. The van der Waals surface area contributed by atoms with Crippen LogP contribution in [0.1, 0.15) is 66.7 Å². The molecule has 3 heteroatoms. The molecule has 2 aliphatic rings. The minimum Gasteiger partial charge on any atom is -0.403 e. The number of rotatable bonds is 3. The molecule has 1 aliphatic carbocycles. The Kier molecular flexibility index (Phi) is 4.13. The summed E-state index contributed by atoms with van der Waals surface area (Å²) in [6.45, 7) is 10.9. The van der Waals surface area contributed by atoms with Crippen molar-refractivity contribution in [3.05, 3.63) is 0 Å². The maximum atomic E-state index is 6.10. The first-order valence-corrected chi connectivity index (χ1v) is 7.67. The molecule has 1 saturated carbocycles. The largest absolute Gasteiger partial charge is 0.458 e. The van der Waals surface area contributed by atoms with Crippen LogP contribution in [0.5, 0.6) is 0 Å². The second-order valence-electron chi connectivity index (χ2n) is 7.30. The lowest BCUT2D eigenvalue weighted by molar-refractivity contribution is 0.00578. The topological polar surface area (TPSA) is 18.5 Å². The minimum absolute atomic E-state index is 0.00748. The molecular weight excluding hydrogens is 223 g/mol. The Morgan fingerprint density at radius 2 is 1.50 bits per heavy atom. The van der Waals surface area contributed by atoms with Gasteiger partial charge >= 0.3 is 7.12 Å². The number of hydrogen-bond acceptors (Lipinski definition) is 2. The van der Waals surface area contributed by atoms with E-state index in [-0.39, 0.29) is 18.3 Å². The van der Waals surface area contributed by atoms with Crippen LogP contribution in [-0.2, 0) is 9.31 Å². The van der Waals surface area contributed by atoms with Gasteiger partial charge in [0, 0.05) is 0 Å². The van der Waals surface area contributed by atoms with Gasteiger partial charge in [0.2, 0.25) is 0 Å². The molecule has 0 radical (unpaired) electrons. The van der Waals surface area contributed by atoms with Crippen LogP contribution in [0.4, 0.5) is 0 Å². The molecule has 2 fully saturated rings. The van der Waals surface area contributed by atoms with Gasteiger partial charge in [0.25, 0.3) is 0 Å². The van der Waals surface area contributed by atoms with Crippen LogP contribution in [-0.4, -0.2) is 18.3 Å². The van der Waals surface area contributed by atoms with Crippen molar-refractivity contribution in [3.8, 4) is 0 Å². The number of hydrogen-bond donors (Lipinski definition) is 0. The zero-order valence-electron chi connectivity index (χ0n) is 12.8. The Bertz CT molecular complexity index is 266. The molecule has 0 amide bonds. The van der Waals surface area contributed by atoms with Gasteiger partial charge in [0.05, 0.1) is 11.2 Å². The summed E-state index contributed by atoms with van der Waals surface area (Å²) in [5.74, 6) is 1.61. The molecule has 0 aromatic carbocycles. The molecule has 1 saturated heterocycles. The van der Waals surface area contributed by atoms with Crippen LogP contribution in [0.25, 0.3) is 0 Å². The first-order chi connectivity index (χ1) is 8.32. The van der Waals surface area contributed by atoms with E-state index >= 15 is 0 Å². The van der Waals surface area contributed by atoms with E-state index in [9.17, 15) is 0 Å². The Morgan fingerprint density at radius 3 is 2.00 bits per heavy atom. The van der Waals surface area contributed by atoms with Gasteiger partial charge in [-0.3, -0.25) is 0 Å². The normalized spacial score (nSPS) is 29.5. The lowest BCUT2D eigenvalue weighted by Crippen LogP contribution is -2.41. The third kappa shape index (κ3) is 2.93. The van der Waals surface area contributed by atoms with Crippen LogP contribution in [0, 0.1) is 11.8 Å². The van der Waals surface area contributed by atoms with Crippen LogP contribution in [0.15, 0.2) is 0 Å². The molecule has 0 aromatic rings. The van der Waals surface area contributed by atoms with E-state index in [2.05, 4.69) is 34.6 Å². The minimum atomic E-state index is -0.177. The van der Waals surface area contributed by atoms with Crippen molar-refractivity contribution in [1.82, 2.24) is 0 Å². The maximum Gasteiger partial charge on any atom is 0.458 e. The van der Waals surface area contributed by atoms with Crippen LogP contribution in [0.2, 0.25) is 6.32 Å². The maximum absolute atomic E-state index is 6.10. The van der Waals surface area contributed by atoms with Crippen LogP contribution >= 0.6 is 0 Å². The zero-order chi connectivity index (χ0) is 13.4. The lowest BCUT2D eigenvalue weighted by atomic mass is 9.69. The Labute approximate surface area is 113 Å². The van der Waals surface area contributed by atoms with Crippen molar-refractivity contribution in [2.45, 2.75) is 84.2 Å². The first-order valence-electron chi connectivity index (χ1n) is 7.67. The van der Waals surface area contributed by atoms with E-state index in [0.29, 0.717) is 0 Å². The SMILES string of the molecule is CC(CB1OC(C)(C)C(C)(C)O1)C1CCCCC1. The molecule has 1 unspecified atom stereocenters. The molecule has 2 nitrogen and oxygen atoms in total.